The average molecular weight is 366 g/mol. The molecule has 146 valence electrons. The molecule has 0 N–H and O–H groups in total. The van der Waals surface area contributed by atoms with Crippen LogP contribution in [0.25, 0.3) is 5.57 Å². The zero-order chi connectivity index (χ0) is 20.4. The third-order valence-corrected chi connectivity index (χ3v) is 4.43. The molecule has 0 aliphatic carbocycles. The van der Waals surface area contributed by atoms with Crippen LogP contribution in [-0.4, -0.2) is 19.1 Å². The van der Waals surface area contributed by atoms with E-state index in [1.807, 2.05) is 14.1 Å². The number of hydrogen-bond donors (Lipinski definition) is 0. The van der Waals surface area contributed by atoms with Crippen molar-refractivity contribution in [3.63, 3.8) is 0 Å². The van der Waals surface area contributed by atoms with Gasteiger partial charge in [-0.2, -0.15) is 0 Å². The molecule has 0 unspecified atom stereocenters. The molecule has 1 rings (SSSR count). The molecular weight excluding hydrogens is 330 g/mol. The Bertz CT molecular complexity index is 775. The van der Waals surface area contributed by atoms with Crippen LogP contribution in [-0.2, 0) is 0 Å². The van der Waals surface area contributed by atoms with Gasteiger partial charge in [-0.1, -0.05) is 72.7 Å². The second-order valence-electron chi connectivity index (χ2n) is 6.98. The first kappa shape index (κ1) is 22.6. The molecule has 0 amide bonds. The Labute approximate surface area is 165 Å². The molecule has 0 aliphatic heterocycles. The van der Waals surface area contributed by atoms with Gasteiger partial charge >= 0.3 is 0 Å². The lowest BCUT2D eigenvalue weighted by atomic mass is 9.96. The van der Waals surface area contributed by atoms with Gasteiger partial charge in [0.05, 0.1) is 5.70 Å². The van der Waals surface area contributed by atoms with Crippen LogP contribution < -0.4 is 0 Å². The highest BCUT2D eigenvalue weighted by Gasteiger charge is 2.07. The minimum Gasteiger partial charge on any atom is -0.285 e. The van der Waals surface area contributed by atoms with Crippen LogP contribution in [0.15, 0.2) is 69.7 Å². The number of nitrogens with zero attached hydrogens (tertiary/aromatic N) is 3. The van der Waals surface area contributed by atoms with Gasteiger partial charge in [0.2, 0.25) is 0 Å². The van der Waals surface area contributed by atoms with E-state index in [1.165, 1.54) is 27.8 Å². The zero-order valence-corrected chi connectivity index (χ0v) is 18.3. The maximum absolute atomic E-state index is 4.47. The van der Waals surface area contributed by atoms with Crippen LogP contribution in [0.1, 0.15) is 57.2 Å². The van der Waals surface area contributed by atoms with Gasteiger partial charge in [-0.3, -0.25) is 5.01 Å². The lowest BCUT2D eigenvalue weighted by molar-refractivity contribution is 0.405. The summed E-state index contributed by atoms with van der Waals surface area (Å²) in [4.78, 5) is 0. The molecule has 27 heavy (non-hydrogen) atoms. The Balaban J connectivity index is 3.35. The molecule has 3 heteroatoms. The van der Waals surface area contributed by atoms with E-state index in [0.717, 1.165) is 24.1 Å². The van der Waals surface area contributed by atoms with Crippen molar-refractivity contribution in [2.75, 3.05) is 14.1 Å². The number of aryl methyl sites for hydroxylation is 2. The van der Waals surface area contributed by atoms with Crippen LogP contribution in [0, 0.1) is 13.8 Å². The maximum atomic E-state index is 4.47. The fraction of sp³-hybridized carbons (Fsp3) is 0.417. The van der Waals surface area contributed by atoms with Gasteiger partial charge in [0, 0.05) is 19.7 Å². The van der Waals surface area contributed by atoms with Gasteiger partial charge in [0.15, 0.2) is 0 Å². The Kier molecular flexibility index (Phi) is 9.49. The third-order valence-electron chi connectivity index (χ3n) is 4.43. The van der Waals surface area contributed by atoms with Crippen molar-refractivity contribution < 1.29 is 0 Å². The number of benzene rings is 1. The summed E-state index contributed by atoms with van der Waals surface area (Å²) in [6.45, 7) is 12.9. The SMILES string of the molecule is C\C=C(/C=C\C(C(=C\CC)\N=NN(C)C)=C(\C)CC)c1ccc(C)cc1C. The van der Waals surface area contributed by atoms with E-state index < -0.39 is 0 Å². The highest BCUT2D eigenvalue weighted by molar-refractivity contribution is 5.76. The number of rotatable bonds is 8. The van der Waals surface area contributed by atoms with Crippen molar-refractivity contribution in [3.05, 3.63) is 76.0 Å². The second-order valence-corrected chi connectivity index (χ2v) is 6.98. The van der Waals surface area contributed by atoms with E-state index in [4.69, 9.17) is 0 Å². The van der Waals surface area contributed by atoms with Gasteiger partial charge in [0.25, 0.3) is 0 Å². The summed E-state index contributed by atoms with van der Waals surface area (Å²) >= 11 is 0. The molecule has 0 saturated carbocycles. The van der Waals surface area contributed by atoms with Crippen LogP contribution in [0.5, 0.6) is 0 Å². The summed E-state index contributed by atoms with van der Waals surface area (Å²) in [5.41, 5.74) is 8.45. The second kappa shape index (κ2) is 11.3. The van der Waals surface area contributed by atoms with Crippen LogP contribution in [0.2, 0.25) is 0 Å². The largest absolute Gasteiger partial charge is 0.285 e. The first-order valence-corrected chi connectivity index (χ1v) is 9.75. The molecule has 0 bridgehead atoms. The molecule has 0 heterocycles. The summed E-state index contributed by atoms with van der Waals surface area (Å²) in [5, 5.41) is 10.4. The molecule has 0 atom stereocenters. The maximum Gasteiger partial charge on any atom is 0.0906 e. The first-order chi connectivity index (χ1) is 12.8. The Hall–Kier alpha value is -2.42. The van der Waals surface area contributed by atoms with Crippen LogP contribution in [0.4, 0.5) is 0 Å². The molecule has 0 aliphatic rings. The minimum atomic E-state index is 0.920. The van der Waals surface area contributed by atoms with E-state index >= 15 is 0 Å². The highest BCUT2D eigenvalue weighted by atomic mass is 15.5. The van der Waals surface area contributed by atoms with Crippen molar-refractivity contribution in [3.8, 4) is 0 Å². The van der Waals surface area contributed by atoms with Crippen LogP contribution in [0.3, 0.4) is 0 Å². The number of hydrogen-bond acceptors (Lipinski definition) is 2. The van der Waals surface area contributed by atoms with E-state index in [9.17, 15) is 0 Å². The highest BCUT2D eigenvalue weighted by Crippen LogP contribution is 2.26. The lowest BCUT2D eigenvalue weighted by Crippen LogP contribution is -2.00. The summed E-state index contributed by atoms with van der Waals surface area (Å²) in [5.74, 6) is 0. The standard InChI is InChI=1S/C24H35N3/c1-9-12-24(25-26-27(7)8)23(19(5)10-2)16-14-21(11-3)22-15-13-18(4)17-20(22)6/h11-17H,9-10H2,1-8H3/b16-14-,21-11+,23-19+,24-12-,26-25?. The molecule has 0 saturated heterocycles. The van der Waals surface area contributed by atoms with Gasteiger partial charge in [-0.05, 0) is 57.2 Å². The smallest absolute Gasteiger partial charge is 0.0906 e. The fourth-order valence-electron chi connectivity index (χ4n) is 2.82. The predicted octanol–water partition coefficient (Wildman–Crippen LogP) is 7.21. The molecule has 0 radical (unpaired) electrons. The quantitative estimate of drug-likeness (QED) is 0.272. The van der Waals surface area contributed by atoms with Gasteiger partial charge < -0.3 is 0 Å². The summed E-state index contributed by atoms with van der Waals surface area (Å²) in [7, 11) is 3.77. The summed E-state index contributed by atoms with van der Waals surface area (Å²) in [6.07, 6.45) is 10.6. The minimum absolute atomic E-state index is 0.920. The lowest BCUT2D eigenvalue weighted by Gasteiger charge is -2.11. The molecule has 3 nitrogen and oxygen atoms in total. The summed E-state index contributed by atoms with van der Waals surface area (Å²) < 4.78 is 0. The fourth-order valence-corrected chi connectivity index (χ4v) is 2.82. The van der Waals surface area contributed by atoms with Crippen LogP contribution >= 0.6 is 0 Å². The van der Waals surface area contributed by atoms with Gasteiger partial charge in [-0.15, -0.1) is 5.11 Å². The van der Waals surface area contributed by atoms with Crippen molar-refractivity contribution in [1.82, 2.24) is 5.01 Å². The van der Waals surface area contributed by atoms with E-state index in [2.05, 4.69) is 94.4 Å². The van der Waals surface area contributed by atoms with E-state index in [1.54, 1.807) is 5.01 Å². The first-order valence-electron chi connectivity index (χ1n) is 9.75. The summed E-state index contributed by atoms with van der Waals surface area (Å²) in [6, 6.07) is 6.60. The van der Waals surface area contributed by atoms with Gasteiger partial charge in [0.1, 0.15) is 0 Å². The topological polar surface area (TPSA) is 28.0 Å². The molecule has 1 aromatic rings. The van der Waals surface area contributed by atoms with Gasteiger partial charge in [-0.25, -0.2) is 0 Å². The molecule has 0 fully saturated rings. The Morgan fingerprint density at radius 3 is 2.33 bits per heavy atom. The molecule has 0 spiro atoms. The predicted molar refractivity (Wildman–Crippen MR) is 119 cm³/mol. The van der Waals surface area contributed by atoms with Crippen molar-refractivity contribution >= 4 is 5.57 Å². The van der Waals surface area contributed by atoms with Crippen molar-refractivity contribution in [2.45, 2.75) is 54.4 Å². The van der Waals surface area contributed by atoms with Crippen molar-refractivity contribution in [2.24, 2.45) is 10.3 Å². The monoisotopic (exact) mass is 365 g/mol. The molecule has 0 aromatic heterocycles. The Morgan fingerprint density at radius 1 is 1.11 bits per heavy atom. The average Bonchev–Trinajstić information content (AvgIpc) is 2.63. The van der Waals surface area contributed by atoms with Crippen molar-refractivity contribution in [1.29, 1.82) is 0 Å². The number of allylic oxidation sites excluding steroid dienone is 6. The molecular formula is C24H35N3. The zero-order valence-electron chi connectivity index (χ0n) is 18.3. The normalized spacial score (nSPS) is 14.2. The van der Waals surface area contributed by atoms with E-state index in [-0.39, 0.29) is 0 Å². The molecule has 1 aromatic carbocycles. The Morgan fingerprint density at radius 2 is 1.81 bits per heavy atom. The third kappa shape index (κ3) is 7.01. The van der Waals surface area contributed by atoms with E-state index in [0.29, 0.717) is 0 Å².